The minimum atomic E-state index is 0.168. The van der Waals surface area contributed by atoms with Crippen LogP contribution in [0.5, 0.6) is 0 Å². The summed E-state index contributed by atoms with van der Waals surface area (Å²) in [5.74, 6) is 0. The Balaban J connectivity index is 2.23. The van der Waals surface area contributed by atoms with E-state index in [9.17, 15) is 0 Å². The van der Waals surface area contributed by atoms with Gasteiger partial charge in [0.1, 0.15) is 0 Å². The van der Waals surface area contributed by atoms with Gasteiger partial charge in [-0.15, -0.1) is 0 Å². The fourth-order valence-corrected chi connectivity index (χ4v) is 3.32. The fraction of sp³-hybridized carbons (Fsp3) is 0.786. The molecule has 0 bridgehead atoms. The Morgan fingerprint density at radius 1 is 1.45 bits per heavy atom. The number of aromatic nitrogens is 2. The van der Waals surface area contributed by atoms with Gasteiger partial charge in [0.25, 0.3) is 0 Å². The summed E-state index contributed by atoms with van der Waals surface area (Å²) in [5, 5.41) is 8.00. The van der Waals surface area contributed by atoms with Gasteiger partial charge in [-0.05, 0) is 35.9 Å². The van der Waals surface area contributed by atoms with E-state index in [0.717, 1.165) is 43.8 Å². The molecule has 1 aromatic rings. The molecule has 2 unspecified atom stereocenters. The summed E-state index contributed by atoms with van der Waals surface area (Å²) in [6.45, 7) is 12.1. The molecule has 1 N–H and O–H groups in total. The Bertz CT molecular complexity index is 423. The van der Waals surface area contributed by atoms with Crippen molar-refractivity contribution in [1.29, 1.82) is 0 Å². The van der Waals surface area contributed by atoms with Crippen LogP contribution in [-0.2, 0) is 11.3 Å². The van der Waals surface area contributed by atoms with E-state index >= 15 is 0 Å². The summed E-state index contributed by atoms with van der Waals surface area (Å²) in [6, 6.07) is 0.172. The summed E-state index contributed by atoms with van der Waals surface area (Å²) in [7, 11) is 0. The van der Waals surface area contributed by atoms with Crippen molar-refractivity contribution < 1.29 is 4.74 Å². The highest BCUT2D eigenvalue weighted by Gasteiger charge is 2.31. The molecule has 20 heavy (non-hydrogen) atoms. The van der Waals surface area contributed by atoms with Gasteiger partial charge in [-0.1, -0.05) is 13.8 Å². The molecule has 114 valence electrons. The maximum Gasteiger partial charge on any atom is 0.0912 e. The molecule has 1 aromatic heterocycles. The van der Waals surface area contributed by atoms with Crippen LogP contribution in [0.1, 0.15) is 32.5 Å². The van der Waals surface area contributed by atoms with Crippen LogP contribution in [0.2, 0.25) is 0 Å². The number of nitrogens with one attached hydrogen (secondary N) is 1. The molecule has 1 aliphatic rings. The molecule has 0 amide bonds. The molecule has 1 saturated heterocycles. The zero-order valence-corrected chi connectivity index (χ0v) is 14.2. The van der Waals surface area contributed by atoms with Crippen molar-refractivity contribution in [2.45, 2.75) is 39.5 Å². The molecule has 5 nitrogen and oxygen atoms in total. The summed E-state index contributed by atoms with van der Waals surface area (Å²) in [4.78, 5) is 2.44. The molecule has 0 aromatic carbocycles. The van der Waals surface area contributed by atoms with Crippen LogP contribution >= 0.6 is 15.9 Å². The van der Waals surface area contributed by atoms with Gasteiger partial charge in [0.05, 0.1) is 35.1 Å². The molecule has 0 saturated carbocycles. The first kappa shape index (κ1) is 15.9. The number of aryl methyl sites for hydroxylation is 1. The lowest BCUT2D eigenvalue weighted by Gasteiger charge is -2.37. The Labute approximate surface area is 129 Å². The molecule has 2 rings (SSSR count). The fourth-order valence-electron chi connectivity index (χ4n) is 2.78. The molecule has 0 spiro atoms. The summed E-state index contributed by atoms with van der Waals surface area (Å²) < 4.78 is 9.14. The molecule has 0 radical (unpaired) electrons. The van der Waals surface area contributed by atoms with E-state index in [1.807, 2.05) is 10.9 Å². The molecule has 1 fully saturated rings. The van der Waals surface area contributed by atoms with Gasteiger partial charge >= 0.3 is 0 Å². The van der Waals surface area contributed by atoms with Crippen molar-refractivity contribution in [1.82, 2.24) is 20.0 Å². The predicted octanol–water partition coefficient (Wildman–Crippen LogP) is 2.04. The quantitative estimate of drug-likeness (QED) is 0.857. The number of ether oxygens (including phenoxy) is 1. The minimum absolute atomic E-state index is 0.168. The molecule has 2 atom stereocenters. The zero-order valence-electron chi connectivity index (χ0n) is 12.6. The highest BCUT2D eigenvalue weighted by molar-refractivity contribution is 9.10. The molecular weight excluding hydrogens is 320 g/mol. The maximum atomic E-state index is 6.04. The van der Waals surface area contributed by atoms with Gasteiger partial charge in [-0.2, -0.15) is 5.10 Å². The normalized spacial score (nSPS) is 22.1. The van der Waals surface area contributed by atoms with Gasteiger partial charge in [-0.3, -0.25) is 9.58 Å². The third-order valence-electron chi connectivity index (χ3n) is 3.85. The summed E-state index contributed by atoms with van der Waals surface area (Å²) >= 11 is 3.63. The van der Waals surface area contributed by atoms with E-state index in [-0.39, 0.29) is 12.1 Å². The highest BCUT2D eigenvalue weighted by Crippen LogP contribution is 2.28. The second-order valence-electron chi connectivity index (χ2n) is 5.03. The van der Waals surface area contributed by atoms with Crippen LogP contribution in [0.25, 0.3) is 0 Å². The SMILES string of the molecule is CCNC(c1c(Br)cnn1CC)C1CN(CC)CCO1. The van der Waals surface area contributed by atoms with Crippen LogP contribution in [0.15, 0.2) is 10.7 Å². The molecule has 1 aliphatic heterocycles. The predicted molar refractivity (Wildman–Crippen MR) is 83.9 cm³/mol. The third kappa shape index (κ3) is 3.42. The monoisotopic (exact) mass is 344 g/mol. The van der Waals surface area contributed by atoms with Gasteiger partial charge in [0.2, 0.25) is 0 Å². The number of morpholine rings is 1. The number of hydrogen-bond acceptors (Lipinski definition) is 4. The zero-order chi connectivity index (χ0) is 14.5. The van der Waals surface area contributed by atoms with Crippen molar-refractivity contribution in [3.8, 4) is 0 Å². The van der Waals surface area contributed by atoms with E-state index in [1.54, 1.807) is 0 Å². The largest absolute Gasteiger partial charge is 0.374 e. The number of rotatable bonds is 6. The molecule has 2 heterocycles. The lowest BCUT2D eigenvalue weighted by atomic mass is 10.1. The van der Waals surface area contributed by atoms with Crippen molar-refractivity contribution in [2.75, 3.05) is 32.8 Å². The molecule has 6 heteroatoms. The van der Waals surface area contributed by atoms with Crippen LogP contribution in [0.3, 0.4) is 0 Å². The molecule has 0 aliphatic carbocycles. The Hall–Kier alpha value is -0.430. The van der Waals surface area contributed by atoms with E-state index in [1.165, 1.54) is 5.69 Å². The van der Waals surface area contributed by atoms with E-state index in [4.69, 9.17) is 4.74 Å². The number of nitrogens with zero attached hydrogens (tertiary/aromatic N) is 3. The summed E-state index contributed by atoms with van der Waals surface area (Å²) in [6.07, 6.45) is 2.05. The minimum Gasteiger partial charge on any atom is -0.374 e. The van der Waals surface area contributed by atoms with Crippen molar-refractivity contribution >= 4 is 15.9 Å². The maximum absolute atomic E-state index is 6.04. The van der Waals surface area contributed by atoms with Crippen molar-refractivity contribution in [3.05, 3.63) is 16.4 Å². The van der Waals surface area contributed by atoms with Gasteiger partial charge in [0.15, 0.2) is 0 Å². The standard InChI is InChI=1S/C14H25BrN4O/c1-4-16-13(12-10-18(5-2)7-8-20-12)14-11(15)9-17-19(14)6-3/h9,12-13,16H,4-8,10H2,1-3H3. The molecular formula is C14H25BrN4O. The highest BCUT2D eigenvalue weighted by atomic mass is 79.9. The lowest BCUT2D eigenvalue weighted by Crippen LogP contribution is -2.48. The van der Waals surface area contributed by atoms with Crippen molar-refractivity contribution in [3.63, 3.8) is 0 Å². The second-order valence-corrected chi connectivity index (χ2v) is 5.89. The third-order valence-corrected chi connectivity index (χ3v) is 4.46. The van der Waals surface area contributed by atoms with Crippen LogP contribution in [0.4, 0.5) is 0 Å². The first-order chi connectivity index (χ1) is 9.71. The van der Waals surface area contributed by atoms with Crippen LogP contribution in [-0.4, -0.2) is 53.6 Å². The first-order valence-electron chi connectivity index (χ1n) is 7.49. The van der Waals surface area contributed by atoms with Gasteiger partial charge < -0.3 is 10.1 Å². The van der Waals surface area contributed by atoms with E-state index in [2.05, 4.69) is 52.0 Å². The van der Waals surface area contributed by atoms with Crippen LogP contribution in [0, 0.1) is 0 Å². The average Bonchev–Trinajstić information content (AvgIpc) is 2.85. The summed E-state index contributed by atoms with van der Waals surface area (Å²) in [5.41, 5.74) is 1.19. The topological polar surface area (TPSA) is 42.3 Å². The Kier molecular flexibility index (Phi) is 6.01. The number of likely N-dealkylation sites (N-methyl/N-ethyl adjacent to an activating group) is 2. The lowest BCUT2D eigenvalue weighted by molar-refractivity contribution is -0.0468. The average molecular weight is 345 g/mol. The van der Waals surface area contributed by atoms with Crippen LogP contribution < -0.4 is 5.32 Å². The Morgan fingerprint density at radius 2 is 2.25 bits per heavy atom. The second kappa shape index (κ2) is 7.54. The number of hydrogen-bond donors (Lipinski definition) is 1. The first-order valence-corrected chi connectivity index (χ1v) is 8.29. The smallest absolute Gasteiger partial charge is 0.0912 e. The Morgan fingerprint density at radius 3 is 2.90 bits per heavy atom. The van der Waals surface area contributed by atoms with E-state index in [0.29, 0.717) is 0 Å². The number of halogens is 1. The van der Waals surface area contributed by atoms with Crippen molar-refractivity contribution in [2.24, 2.45) is 0 Å². The van der Waals surface area contributed by atoms with Gasteiger partial charge in [0, 0.05) is 19.6 Å². The van der Waals surface area contributed by atoms with E-state index < -0.39 is 0 Å². The van der Waals surface area contributed by atoms with Gasteiger partial charge in [-0.25, -0.2) is 0 Å².